The monoisotopic (exact) mass is 269 g/mol. The number of rotatable bonds is 3. The maximum atomic E-state index is 13.4. The van der Waals surface area contributed by atoms with Crippen molar-refractivity contribution < 1.29 is 9.13 Å². The zero-order valence-electron chi connectivity index (χ0n) is 11.5. The predicted octanol–water partition coefficient (Wildman–Crippen LogP) is 1.74. The molecule has 5 nitrogen and oxygen atoms in total. The molecule has 4 atom stereocenters. The summed E-state index contributed by atoms with van der Waals surface area (Å²) in [5.74, 6) is 0.225. The van der Waals surface area contributed by atoms with Crippen LogP contribution in [-0.4, -0.2) is 21.8 Å². The molecule has 0 saturated carbocycles. The Hall–Kier alpha value is -1.43. The lowest BCUT2D eigenvalue weighted by molar-refractivity contribution is -0.101. The summed E-state index contributed by atoms with van der Waals surface area (Å²) < 4.78 is 20.7. The fourth-order valence-corrected chi connectivity index (χ4v) is 2.76. The van der Waals surface area contributed by atoms with Crippen LogP contribution >= 0.6 is 0 Å². The number of hydrogen-bond donors (Lipinski definition) is 1. The lowest BCUT2D eigenvalue weighted by atomic mass is 9.82. The summed E-state index contributed by atoms with van der Waals surface area (Å²) in [5.41, 5.74) is 4.19. The summed E-state index contributed by atoms with van der Waals surface area (Å²) in [5, 5.41) is 0. The number of halogens is 1. The number of nitrogens with two attached hydrogens (primary N) is 1. The normalized spacial score (nSPS) is 34.6. The SMILES string of the molecule is CC[C@@]1(CF)O[C@@H](n2ccc(N)nc2=O)[C@@H](C)[C@@H]1C. The Morgan fingerprint density at radius 3 is 2.74 bits per heavy atom. The molecular weight excluding hydrogens is 249 g/mol. The molecule has 0 aromatic carbocycles. The van der Waals surface area contributed by atoms with E-state index in [-0.39, 0.29) is 17.7 Å². The minimum atomic E-state index is -0.815. The molecule has 6 heteroatoms. The molecule has 1 aliphatic heterocycles. The molecule has 1 fully saturated rings. The van der Waals surface area contributed by atoms with Crippen LogP contribution in [0, 0.1) is 11.8 Å². The summed E-state index contributed by atoms with van der Waals surface area (Å²) >= 11 is 0. The van der Waals surface area contributed by atoms with Crippen molar-refractivity contribution in [1.29, 1.82) is 0 Å². The quantitative estimate of drug-likeness (QED) is 0.907. The van der Waals surface area contributed by atoms with Gasteiger partial charge in [0.1, 0.15) is 24.3 Å². The van der Waals surface area contributed by atoms with Gasteiger partial charge >= 0.3 is 5.69 Å². The molecular formula is C13H20FN3O2. The van der Waals surface area contributed by atoms with Crippen LogP contribution in [0.2, 0.25) is 0 Å². The topological polar surface area (TPSA) is 70.1 Å². The largest absolute Gasteiger partial charge is 0.383 e. The zero-order chi connectivity index (χ0) is 14.2. The van der Waals surface area contributed by atoms with Crippen LogP contribution in [0.1, 0.15) is 33.4 Å². The van der Waals surface area contributed by atoms with Gasteiger partial charge in [-0.05, 0) is 18.4 Å². The molecule has 0 amide bonds. The molecule has 1 aromatic rings. The predicted molar refractivity (Wildman–Crippen MR) is 70.4 cm³/mol. The van der Waals surface area contributed by atoms with Crippen molar-refractivity contribution in [3.05, 3.63) is 22.7 Å². The van der Waals surface area contributed by atoms with Crippen molar-refractivity contribution in [3.8, 4) is 0 Å². The average Bonchev–Trinajstić information content (AvgIpc) is 2.64. The van der Waals surface area contributed by atoms with Crippen LogP contribution < -0.4 is 11.4 Å². The Labute approximate surface area is 111 Å². The first-order valence-electron chi connectivity index (χ1n) is 6.53. The van der Waals surface area contributed by atoms with Gasteiger partial charge in [-0.15, -0.1) is 0 Å². The molecule has 1 aromatic heterocycles. The lowest BCUT2D eigenvalue weighted by Gasteiger charge is -2.29. The Balaban J connectivity index is 2.39. The van der Waals surface area contributed by atoms with Gasteiger partial charge in [-0.1, -0.05) is 20.8 Å². The minimum absolute atomic E-state index is 0.0250. The van der Waals surface area contributed by atoms with Gasteiger partial charge in [-0.25, -0.2) is 9.18 Å². The van der Waals surface area contributed by atoms with Crippen molar-refractivity contribution in [3.63, 3.8) is 0 Å². The van der Waals surface area contributed by atoms with Gasteiger partial charge in [0, 0.05) is 12.1 Å². The van der Waals surface area contributed by atoms with E-state index in [1.165, 1.54) is 4.57 Å². The van der Waals surface area contributed by atoms with Gasteiger partial charge in [0.2, 0.25) is 0 Å². The van der Waals surface area contributed by atoms with Gasteiger partial charge in [-0.2, -0.15) is 4.98 Å². The first-order valence-corrected chi connectivity index (χ1v) is 6.53. The van der Waals surface area contributed by atoms with Crippen molar-refractivity contribution in [2.24, 2.45) is 11.8 Å². The third kappa shape index (κ3) is 2.14. The first kappa shape index (κ1) is 14.0. The van der Waals surface area contributed by atoms with Gasteiger partial charge < -0.3 is 10.5 Å². The highest BCUT2D eigenvalue weighted by Crippen LogP contribution is 2.47. The highest BCUT2D eigenvalue weighted by Gasteiger charge is 2.50. The van der Waals surface area contributed by atoms with Crippen LogP contribution in [0.5, 0.6) is 0 Å². The summed E-state index contributed by atoms with van der Waals surface area (Å²) in [6, 6.07) is 1.55. The number of alkyl halides is 1. The molecule has 0 aliphatic carbocycles. The van der Waals surface area contributed by atoms with Gasteiger partial charge in [0.25, 0.3) is 0 Å². The second-order valence-electron chi connectivity index (χ2n) is 5.25. The van der Waals surface area contributed by atoms with E-state index in [1.807, 2.05) is 20.8 Å². The molecule has 0 bridgehead atoms. The minimum Gasteiger partial charge on any atom is -0.383 e. The molecule has 1 aliphatic rings. The number of ether oxygens (including phenoxy) is 1. The molecule has 2 heterocycles. The van der Waals surface area contributed by atoms with E-state index in [0.717, 1.165) is 0 Å². The maximum absolute atomic E-state index is 13.4. The van der Waals surface area contributed by atoms with Gasteiger partial charge in [-0.3, -0.25) is 4.57 Å². The van der Waals surface area contributed by atoms with Crippen molar-refractivity contribution in [2.45, 2.75) is 39.0 Å². The Morgan fingerprint density at radius 1 is 1.58 bits per heavy atom. The van der Waals surface area contributed by atoms with Crippen LogP contribution in [0.25, 0.3) is 0 Å². The second kappa shape index (κ2) is 4.92. The van der Waals surface area contributed by atoms with Crippen LogP contribution in [0.3, 0.4) is 0 Å². The highest BCUT2D eigenvalue weighted by atomic mass is 19.1. The van der Waals surface area contributed by atoms with E-state index in [4.69, 9.17) is 10.5 Å². The molecule has 106 valence electrons. The average molecular weight is 269 g/mol. The molecule has 19 heavy (non-hydrogen) atoms. The number of anilines is 1. The highest BCUT2D eigenvalue weighted by molar-refractivity contribution is 5.23. The van der Waals surface area contributed by atoms with Gasteiger partial charge in [0.15, 0.2) is 0 Å². The molecule has 1 saturated heterocycles. The Bertz CT molecular complexity index is 513. The molecule has 0 spiro atoms. The van der Waals surface area contributed by atoms with Crippen LogP contribution in [0.15, 0.2) is 17.1 Å². The molecule has 2 N–H and O–H groups in total. The number of nitrogens with zero attached hydrogens (tertiary/aromatic N) is 2. The smallest absolute Gasteiger partial charge is 0.351 e. The van der Waals surface area contributed by atoms with Crippen LogP contribution in [0.4, 0.5) is 10.2 Å². The van der Waals surface area contributed by atoms with E-state index in [9.17, 15) is 9.18 Å². The number of nitrogen functional groups attached to an aromatic ring is 1. The summed E-state index contributed by atoms with van der Waals surface area (Å²) in [6.07, 6.45) is 1.64. The van der Waals surface area contributed by atoms with E-state index in [2.05, 4.69) is 4.98 Å². The fourth-order valence-electron chi connectivity index (χ4n) is 2.76. The standard InChI is InChI=1S/C13H20FN3O2/c1-4-13(7-14)9(3)8(2)11(19-13)17-6-5-10(15)16-12(17)18/h5-6,8-9,11H,4,7H2,1-3H3,(H2,15,16,18)/t8-,9-,11+,13-/m0/s1. The summed E-state index contributed by atoms with van der Waals surface area (Å²) in [6.45, 7) is 5.27. The molecule has 0 radical (unpaired) electrons. The third-order valence-electron chi connectivity index (χ3n) is 4.37. The third-order valence-corrected chi connectivity index (χ3v) is 4.37. The Morgan fingerprint density at radius 2 is 2.26 bits per heavy atom. The van der Waals surface area contributed by atoms with E-state index in [0.29, 0.717) is 6.42 Å². The Kier molecular flexibility index (Phi) is 3.62. The summed E-state index contributed by atoms with van der Waals surface area (Å²) in [4.78, 5) is 15.6. The zero-order valence-corrected chi connectivity index (χ0v) is 11.5. The second-order valence-corrected chi connectivity index (χ2v) is 5.25. The lowest BCUT2D eigenvalue weighted by Crippen LogP contribution is -2.37. The van der Waals surface area contributed by atoms with Crippen molar-refractivity contribution >= 4 is 5.82 Å². The maximum Gasteiger partial charge on any atom is 0.351 e. The molecule has 0 unspecified atom stereocenters. The fraction of sp³-hybridized carbons (Fsp3) is 0.692. The van der Waals surface area contributed by atoms with E-state index < -0.39 is 24.2 Å². The van der Waals surface area contributed by atoms with Crippen LogP contribution in [-0.2, 0) is 4.74 Å². The summed E-state index contributed by atoms with van der Waals surface area (Å²) in [7, 11) is 0. The first-order chi connectivity index (χ1) is 8.95. The van der Waals surface area contributed by atoms with Gasteiger partial charge in [0.05, 0.1) is 0 Å². The number of hydrogen-bond acceptors (Lipinski definition) is 4. The molecule has 2 rings (SSSR count). The van der Waals surface area contributed by atoms with Crippen molar-refractivity contribution in [2.75, 3.05) is 12.4 Å². The van der Waals surface area contributed by atoms with Crippen molar-refractivity contribution in [1.82, 2.24) is 9.55 Å². The van der Waals surface area contributed by atoms with E-state index >= 15 is 0 Å². The number of aromatic nitrogens is 2. The van der Waals surface area contributed by atoms with E-state index in [1.54, 1.807) is 12.3 Å².